The van der Waals surface area contributed by atoms with Crippen LogP contribution in [0.2, 0.25) is 5.02 Å². The van der Waals surface area contributed by atoms with E-state index in [4.69, 9.17) is 22.1 Å². The van der Waals surface area contributed by atoms with E-state index in [-0.39, 0.29) is 11.6 Å². The number of halogens is 2. The maximum absolute atomic E-state index is 13.2. The van der Waals surface area contributed by atoms with E-state index >= 15 is 0 Å². The van der Waals surface area contributed by atoms with Gasteiger partial charge in [-0.1, -0.05) is 23.7 Å². The molecular formula is C14H13ClFNO. The van der Waals surface area contributed by atoms with Crippen LogP contribution in [0.4, 0.5) is 10.1 Å². The van der Waals surface area contributed by atoms with Crippen LogP contribution in [0.1, 0.15) is 11.1 Å². The second kappa shape index (κ2) is 5.27. The van der Waals surface area contributed by atoms with E-state index in [2.05, 4.69) is 0 Å². The molecule has 0 spiro atoms. The van der Waals surface area contributed by atoms with E-state index < -0.39 is 5.82 Å². The molecule has 2 N–H and O–H groups in total. The zero-order valence-electron chi connectivity index (χ0n) is 9.91. The molecule has 2 aromatic carbocycles. The van der Waals surface area contributed by atoms with E-state index in [1.807, 2.05) is 13.0 Å². The molecular weight excluding hydrogens is 253 g/mol. The zero-order valence-corrected chi connectivity index (χ0v) is 10.7. The Morgan fingerprint density at radius 2 is 2.06 bits per heavy atom. The van der Waals surface area contributed by atoms with Gasteiger partial charge in [0, 0.05) is 11.3 Å². The van der Waals surface area contributed by atoms with Gasteiger partial charge in [-0.3, -0.25) is 0 Å². The van der Waals surface area contributed by atoms with Crippen LogP contribution in [0.3, 0.4) is 0 Å². The third kappa shape index (κ3) is 2.74. The van der Waals surface area contributed by atoms with Gasteiger partial charge in [0.2, 0.25) is 0 Å². The molecule has 0 amide bonds. The highest BCUT2D eigenvalue weighted by Gasteiger charge is 2.07. The summed E-state index contributed by atoms with van der Waals surface area (Å²) in [6, 6.07) is 10.0. The lowest BCUT2D eigenvalue weighted by Crippen LogP contribution is -1.99. The number of nitrogens with two attached hydrogens (primary N) is 1. The summed E-state index contributed by atoms with van der Waals surface area (Å²) in [6.45, 7) is 2.13. The van der Waals surface area contributed by atoms with Crippen LogP contribution in [0.25, 0.3) is 0 Å². The largest absolute Gasteiger partial charge is 0.489 e. The Hall–Kier alpha value is -1.74. The van der Waals surface area contributed by atoms with Gasteiger partial charge in [0.05, 0.1) is 5.02 Å². The van der Waals surface area contributed by atoms with Gasteiger partial charge in [-0.15, -0.1) is 0 Å². The summed E-state index contributed by atoms with van der Waals surface area (Å²) in [5, 5.41) is 0.102. The third-order valence-corrected chi connectivity index (χ3v) is 3.04. The Balaban J connectivity index is 2.14. The molecule has 0 atom stereocenters. The van der Waals surface area contributed by atoms with Crippen LogP contribution in [-0.2, 0) is 6.61 Å². The van der Waals surface area contributed by atoms with Crippen LogP contribution >= 0.6 is 11.6 Å². The number of anilines is 1. The standard InChI is InChI=1S/C14H13ClFNO/c1-9-7-11(17)5-6-13(9)18-8-10-3-2-4-12(16)14(10)15/h2-7H,8,17H2,1H3. The molecule has 0 fully saturated rings. The second-order valence-electron chi connectivity index (χ2n) is 4.03. The molecule has 94 valence electrons. The van der Waals surface area contributed by atoms with Crippen molar-refractivity contribution in [1.29, 1.82) is 0 Å². The fourth-order valence-corrected chi connectivity index (χ4v) is 1.83. The maximum Gasteiger partial charge on any atom is 0.142 e. The number of hydrogen-bond acceptors (Lipinski definition) is 2. The number of benzene rings is 2. The van der Waals surface area contributed by atoms with Gasteiger partial charge in [0.1, 0.15) is 18.2 Å². The summed E-state index contributed by atoms with van der Waals surface area (Å²) >= 11 is 5.85. The molecule has 0 bridgehead atoms. The number of rotatable bonds is 3. The van der Waals surface area contributed by atoms with Gasteiger partial charge >= 0.3 is 0 Å². The molecule has 0 unspecified atom stereocenters. The van der Waals surface area contributed by atoms with E-state index in [1.54, 1.807) is 24.3 Å². The molecule has 0 saturated carbocycles. The van der Waals surface area contributed by atoms with Crippen molar-refractivity contribution < 1.29 is 9.13 Å². The quantitative estimate of drug-likeness (QED) is 0.853. The molecule has 4 heteroatoms. The average molecular weight is 266 g/mol. The van der Waals surface area contributed by atoms with Crippen molar-refractivity contribution in [3.8, 4) is 5.75 Å². The third-order valence-electron chi connectivity index (χ3n) is 2.61. The summed E-state index contributed by atoms with van der Waals surface area (Å²) in [5.74, 6) is 0.274. The van der Waals surface area contributed by atoms with Crippen LogP contribution in [-0.4, -0.2) is 0 Å². The minimum absolute atomic E-state index is 0.102. The molecule has 0 aliphatic heterocycles. The first-order valence-corrected chi connectivity index (χ1v) is 5.87. The van der Waals surface area contributed by atoms with Gasteiger partial charge in [-0.25, -0.2) is 4.39 Å². The van der Waals surface area contributed by atoms with Gasteiger partial charge in [0.15, 0.2) is 0 Å². The molecule has 18 heavy (non-hydrogen) atoms. The maximum atomic E-state index is 13.2. The van der Waals surface area contributed by atoms with E-state index in [9.17, 15) is 4.39 Å². The lowest BCUT2D eigenvalue weighted by Gasteiger charge is -2.10. The number of hydrogen-bond donors (Lipinski definition) is 1. The molecule has 0 aliphatic rings. The van der Waals surface area contributed by atoms with Crippen LogP contribution in [0.15, 0.2) is 36.4 Å². The van der Waals surface area contributed by atoms with Crippen molar-refractivity contribution in [3.05, 3.63) is 58.4 Å². The molecule has 0 heterocycles. The zero-order chi connectivity index (χ0) is 13.1. The summed E-state index contributed by atoms with van der Waals surface area (Å²) < 4.78 is 18.8. The Morgan fingerprint density at radius 3 is 2.78 bits per heavy atom. The first kappa shape index (κ1) is 12.7. The van der Waals surface area contributed by atoms with Gasteiger partial charge in [0.25, 0.3) is 0 Å². The highest BCUT2D eigenvalue weighted by atomic mass is 35.5. The Labute approximate surface area is 110 Å². The molecule has 0 aromatic heterocycles. The van der Waals surface area contributed by atoms with Crippen molar-refractivity contribution >= 4 is 17.3 Å². The average Bonchev–Trinajstić information content (AvgIpc) is 2.33. The molecule has 2 rings (SSSR count). The summed E-state index contributed by atoms with van der Waals surface area (Å²) in [4.78, 5) is 0. The number of aryl methyl sites for hydroxylation is 1. The summed E-state index contributed by atoms with van der Waals surface area (Å²) in [6.07, 6.45) is 0. The topological polar surface area (TPSA) is 35.2 Å². The summed E-state index contributed by atoms with van der Waals surface area (Å²) in [5.41, 5.74) is 7.89. The van der Waals surface area contributed by atoms with E-state index in [0.717, 1.165) is 5.56 Å². The molecule has 2 aromatic rings. The first-order chi connectivity index (χ1) is 8.58. The normalized spacial score (nSPS) is 10.4. The summed E-state index contributed by atoms with van der Waals surface area (Å²) in [7, 11) is 0. The van der Waals surface area contributed by atoms with Gasteiger partial charge in [-0.05, 0) is 36.8 Å². The van der Waals surface area contributed by atoms with Crippen molar-refractivity contribution in [2.24, 2.45) is 0 Å². The van der Waals surface area contributed by atoms with Crippen molar-refractivity contribution in [3.63, 3.8) is 0 Å². The molecule has 0 aliphatic carbocycles. The van der Waals surface area contributed by atoms with Gasteiger partial charge < -0.3 is 10.5 Å². The van der Waals surface area contributed by atoms with Crippen molar-refractivity contribution in [2.75, 3.05) is 5.73 Å². The molecule has 0 saturated heterocycles. The second-order valence-corrected chi connectivity index (χ2v) is 4.40. The Bertz CT molecular complexity index is 572. The van der Waals surface area contributed by atoms with Crippen molar-refractivity contribution in [2.45, 2.75) is 13.5 Å². The Kier molecular flexibility index (Phi) is 3.72. The van der Waals surface area contributed by atoms with Crippen LogP contribution < -0.4 is 10.5 Å². The fraction of sp³-hybridized carbons (Fsp3) is 0.143. The molecule has 2 nitrogen and oxygen atoms in total. The lowest BCUT2D eigenvalue weighted by molar-refractivity contribution is 0.303. The highest BCUT2D eigenvalue weighted by molar-refractivity contribution is 6.31. The highest BCUT2D eigenvalue weighted by Crippen LogP contribution is 2.24. The molecule has 0 radical (unpaired) electrons. The smallest absolute Gasteiger partial charge is 0.142 e. The van der Waals surface area contributed by atoms with Crippen LogP contribution in [0.5, 0.6) is 5.75 Å². The first-order valence-electron chi connectivity index (χ1n) is 5.50. The van der Waals surface area contributed by atoms with Crippen LogP contribution in [0, 0.1) is 12.7 Å². The predicted molar refractivity (Wildman–Crippen MR) is 71.3 cm³/mol. The van der Waals surface area contributed by atoms with Gasteiger partial charge in [-0.2, -0.15) is 0 Å². The van der Waals surface area contributed by atoms with Crippen molar-refractivity contribution in [1.82, 2.24) is 0 Å². The van der Waals surface area contributed by atoms with E-state index in [1.165, 1.54) is 6.07 Å². The predicted octanol–water partition coefficient (Wildman–Crippen LogP) is 3.95. The number of nitrogen functional groups attached to an aromatic ring is 1. The minimum Gasteiger partial charge on any atom is -0.489 e. The lowest BCUT2D eigenvalue weighted by atomic mass is 10.2. The fourth-order valence-electron chi connectivity index (χ4n) is 1.65. The minimum atomic E-state index is -0.438. The van der Waals surface area contributed by atoms with E-state index in [0.29, 0.717) is 17.0 Å². The Morgan fingerprint density at radius 1 is 1.28 bits per heavy atom. The SMILES string of the molecule is Cc1cc(N)ccc1OCc1cccc(F)c1Cl. The number of ether oxygens (including phenoxy) is 1. The monoisotopic (exact) mass is 265 g/mol.